The first-order chi connectivity index (χ1) is 12.8. The van der Waals surface area contributed by atoms with Gasteiger partial charge in [-0.15, -0.1) is 0 Å². The van der Waals surface area contributed by atoms with Gasteiger partial charge in [0.1, 0.15) is 5.66 Å². The number of aliphatic carboxylic acids is 1. The molecule has 2 heterocycles. The molecule has 0 spiro atoms. The van der Waals surface area contributed by atoms with Crippen molar-refractivity contribution in [2.45, 2.75) is 43.8 Å². The largest absolute Gasteiger partial charge is 0.480 e. The Morgan fingerprint density at radius 2 is 1.89 bits per heavy atom. The summed E-state index contributed by atoms with van der Waals surface area (Å²) in [6.45, 7) is 0.251. The molecule has 2 N–H and O–H groups in total. The molecule has 2 amide bonds. The van der Waals surface area contributed by atoms with Crippen LogP contribution in [0.2, 0.25) is 0 Å². The smallest absolute Gasteiger partial charge is 0.328 e. The van der Waals surface area contributed by atoms with E-state index in [9.17, 15) is 28.9 Å². The molecule has 0 saturated carbocycles. The molecular formula is C18H23N2O6P. The van der Waals surface area contributed by atoms with Gasteiger partial charge in [0.05, 0.1) is 0 Å². The Kier molecular flexibility index (Phi) is 5.67. The van der Waals surface area contributed by atoms with E-state index in [0.29, 0.717) is 12.8 Å². The van der Waals surface area contributed by atoms with E-state index in [-0.39, 0.29) is 37.9 Å². The highest BCUT2D eigenvalue weighted by Gasteiger charge is 2.49. The van der Waals surface area contributed by atoms with Crippen LogP contribution in [0.15, 0.2) is 30.3 Å². The molecule has 2 aliphatic heterocycles. The van der Waals surface area contributed by atoms with Gasteiger partial charge in [0, 0.05) is 19.1 Å². The third kappa shape index (κ3) is 4.06. The maximum absolute atomic E-state index is 13.0. The number of aryl methyl sites for hydroxylation is 1. The van der Waals surface area contributed by atoms with Crippen molar-refractivity contribution < 1.29 is 28.9 Å². The first-order valence-corrected chi connectivity index (χ1v) is 10.9. The zero-order chi connectivity index (χ0) is 19.6. The van der Waals surface area contributed by atoms with Crippen molar-refractivity contribution in [3.8, 4) is 0 Å². The first-order valence-electron chi connectivity index (χ1n) is 9.03. The maximum Gasteiger partial charge on any atom is 0.328 e. The predicted molar refractivity (Wildman–Crippen MR) is 97.1 cm³/mol. The van der Waals surface area contributed by atoms with Crippen LogP contribution in [0.3, 0.4) is 0 Å². The molecular weight excluding hydrogens is 371 g/mol. The van der Waals surface area contributed by atoms with Crippen molar-refractivity contribution in [3.05, 3.63) is 35.9 Å². The highest BCUT2D eigenvalue weighted by atomic mass is 31.2. The molecule has 8 nitrogen and oxygen atoms in total. The minimum Gasteiger partial charge on any atom is -0.480 e. The second-order valence-corrected chi connectivity index (χ2v) is 9.55. The zero-order valence-corrected chi connectivity index (χ0v) is 15.8. The average molecular weight is 394 g/mol. The van der Waals surface area contributed by atoms with Crippen molar-refractivity contribution >= 4 is 25.2 Å². The van der Waals surface area contributed by atoms with Crippen LogP contribution in [0.25, 0.3) is 0 Å². The lowest BCUT2D eigenvalue weighted by Gasteiger charge is -2.42. The molecule has 27 heavy (non-hydrogen) atoms. The fourth-order valence-electron chi connectivity index (χ4n) is 3.71. The van der Waals surface area contributed by atoms with E-state index >= 15 is 0 Å². The summed E-state index contributed by atoms with van der Waals surface area (Å²) in [6.07, 6.45) is 0.847. The van der Waals surface area contributed by atoms with E-state index in [4.69, 9.17) is 0 Å². The highest BCUT2D eigenvalue weighted by molar-refractivity contribution is 7.59. The summed E-state index contributed by atoms with van der Waals surface area (Å²) in [5.41, 5.74) is -0.373. The number of rotatable bonds is 5. The Morgan fingerprint density at radius 1 is 1.19 bits per heavy atom. The van der Waals surface area contributed by atoms with Crippen LogP contribution >= 0.6 is 7.37 Å². The number of nitrogens with zero attached hydrogens (tertiary/aromatic N) is 2. The summed E-state index contributed by atoms with van der Waals surface area (Å²) >= 11 is 0. The van der Waals surface area contributed by atoms with E-state index < -0.39 is 30.9 Å². The number of amides is 2. The summed E-state index contributed by atoms with van der Waals surface area (Å²) in [5, 5.41) is 11.5. The lowest BCUT2D eigenvalue weighted by molar-refractivity contribution is -0.179. The number of carboxylic acids is 1. The van der Waals surface area contributed by atoms with Gasteiger partial charge >= 0.3 is 5.97 Å². The zero-order valence-electron chi connectivity index (χ0n) is 14.9. The standard InChI is InChI=1S/C18H23N2O6P/c21-16-9-8-15(27(25,26)12-10-13-5-2-1-3-6-13)17(22)20-14(18(23)24)7-4-11-19(16)20/h1-3,5-6,14-15H,4,7-12H2,(H,23,24)(H,25,26)/t14-,15-/m0/s1. The Hall–Kier alpha value is -2.18. The van der Waals surface area contributed by atoms with Crippen molar-refractivity contribution in [1.82, 2.24) is 10.0 Å². The Morgan fingerprint density at radius 3 is 2.56 bits per heavy atom. The number of hydrogen-bond donors (Lipinski definition) is 2. The number of carboxylic acid groups (broad SMARTS) is 1. The van der Waals surface area contributed by atoms with Gasteiger partial charge < -0.3 is 10.00 Å². The Bertz CT molecular complexity index is 783. The van der Waals surface area contributed by atoms with Crippen LogP contribution in [0.5, 0.6) is 0 Å². The molecule has 146 valence electrons. The molecule has 1 aromatic carbocycles. The van der Waals surface area contributed by atoms with E-state index in [1.54, 1.807) is 0 Å². The number of carbonyl (C=O) groups is 3. The van der Waals surface area contributed by atoms with E-state index in [1.807, 2.05) is 30.3 Å². The normalized spacial score (nSPS) is 25.5. The van der Waals surface area contributed by atoms with Gasteiger partial charge in [-0.25, -0.2) is 9.80 Å². The molecule has 1 unspecified atom stereocenters. The van der Waals surface area contributed by atoms with Gasteiger partial charge in [0.15, 0.2) is 6.04 Å². The highest BCUT2D eigenvalue weighted by Crippen LogP contribution is 2.50. The number of hydrogen-bond acceptors (Lipinski definition) is 4. The molecule has 2 fully saturated rings. The number of fused-ring (bicyclic) bond motifs is 1. The number of hydrazine groups is 1. The molecule has 0 bridgehead atoms. The fraction of sp³-hybridized carbons (Fsp3) is 0.500. The summed E-state index contributed by atoms with van der Waals surface area (Å²) in [4.78, 5) is 47.6. The van der Waals surface area contributed by atoms with Crippen molar-refractivity contribution in [2.24, 2.45) is 0 Å². The fourth-order valence-corrected chi connectivity index (χ4v) is 5.59. The molecule has 2 aliphatic rings. The third-order valence-electron chi connectivity index (χ3n) is 5.17. The minimum absolute atomic E-state index is 0.0421. The van der Waals surface area contributed by atoms with Gasteiger partial charge in [-0.2, -0.15) is 0 Å². The Balaban J connectivity index is 1.84. The maximum atomic E-state index is 13.0. The molecule has 3 atom stereocenters. The molecule has 9 heteroatoms. The van der Waals surface area contributed by atoms with Crippen LogP contribution in [0, 0.1) is 0 Å². The van der Waals surface area contributed by atoms with Gasteiger partial charge in [0.2, 0.25) is 13.3 Å². The van der Waals surface area contributed by atoms with Crippen LogP contribution in [0.1, 0.15) is 31.2 Å². The second kappa shape index (κ2) is 7.82. The van der Waals surface area contributed by atoms with Crippen LogP contribution in [-0.4, -0.2) is 62.2 Å². The Labute approximate surface area is 157 Å². The van der Waals surface area contributed by atoms with Gasteiger partial charge in [-0.3, -0.25) is 19.2 Å². The van der Waals surface area contributed by atoms with Crippen molar-refractivity contribution in [3.63, 3.8) is 0 Å². The van der Waals surface area contributed by atoms with Gasteiger partial charge in [-0.05, 0) is 31.2 Å². The predicted octanol–water partition coefficient (Wildman–Crippen LogP) is 1.48. The number of benzene rings is 1. The topological polar surface area (TPSA) is 115 Å². The summed E-state index contributed by atoms with van der Waals surface area (Å²) < 4.78 is 13.0. The van der Waals surface area contributed by atoms with Crippen LogP contribution in [-0.2, 0) is 25.4 Å². The quantitative estimate of drug-likeness (QED) is 0.731. The molecule has 0 aromatic heterocycles. The minimum atomic E-state index is -3.93. The van der Waals surface area contributed by atoms with Crippen LogP contribution < -0.4 is 0 Å². The van der Waals surface area contributed by atoms with E-state index in [0.717, 1.165) is 15.6 Å². The average Bonchev–Trinajstić information content (AvgIpc) is 2.78. The van der Waals surface area contributed by atoms with Crippen molar-refractivity contribution in [1.29, 1.82) is 0 Å². The van der Waals surface area contributed by atoms with Crippen molar-refractivity contribution in [2.75, 3.05) is 12.7 Å². The number of carbonyl (C=O) groups excluding carboxylic acids is 2. The van der Waals surface area contributed by atoms with Gasteiger partial charge in [0.25, 0.3) is 5.91 Å². The van der Waals surface area contributed by atoms with E-state index in [1.165, 1.54) is 0 Å². The molecule has 0 aliphatic carbocycles. The SMILES string of the molecule is O=C(O)[C@@H]1CCCN2C(=O)CC[C@H](P(=O)(O)CCc3ccccc3)C(=O)N12. The summed E-state index contributed by atoms with van der Waals surface area (Å²) in [5.74, 6) is -2.31. The summed E-state index contributed by atoms with van der Waals surface area (Å²) in [6, 6.07) is 8.01. The van der Waals surface area contributed by atoms with Gasteiger partial charge in [-0.1, -0.05) is 30.3 Å². The first kappa shape index (κ1) is 19.6. The summed E-state index contributed by atoms with van der Waals surface area (Å²) in [7, 11) is -3.93. The van der Waals surface area contributed by atoms with E-state index in [2.05, 4.69) is 0 Å². The molecule has 0 radical (unpaired) electrons. The lowest BCUT2D eigenvalue weighted by Crippen LogP contribution is -2.60. The molecule has 2 saturated heterocycles. The second-order valence-electron chi connectivity index (χ2n) is 6.97. The van der Waals surface area contributed by atoms with Crippen LogP contribution in [0.4, 0.5) is 0 Å². The molecule has 1 aromatic rings. The monoisotopic (exact) mass is 394 g/mol. The molecule has 3 rings (SSSR count). The lowest BCUT2D eigenvalue weighted by atomic mass is 10.1. The third-order valence-corrected chi connectivity index (χ3v) is 7.49.